The van der Waals surface area contributed by atoms with Crippen LogP contribution in [0.4, 0.5) is 0 Å². The van der Waals surface area contributed by atoms with E-state index in [2.05, 4.69) is 17.3 Å². The van der Waals surface area contributed by atoms with Gasteiger partial charge in [-0.3, -0.25) is 0 Å². The van der Waals surface area contributed by atoms with Crippen molar-refractivity contribution in [2.75, 3.05) is 0 Å². The van der Waals surface area contributed by atoms with Gasteiger partial charge in [0.05, 0.1) is 6.20 Å². The summed E-state index contributed by atoms with van der Waals surface area (Å²) in [4.78, 5) is 3.83. The van der Waals surface area contributed by atoms with E-state index < -0.39 is 0 Å². The van der Waals surface area contributed by atoms with Crippen LogP contribution < -0.4 is 4.74 Å². The molecule has 3 nitrogen and oxygen atoms in total. The smallest absolute Gasteiger partial charge is 0.399 e. The Labute approximate surface area is 82.3 Å². The molecule has 0 aliphatic rings. The second-order valence-electron chi connectivity index (χ2n) is 3.17. The van der Waals surface area contributed by atoms with Crippen molar-refractivity contribution in [3.63, 3.8) is 0 Å². The van der Waals surface area contributed by atoms with Crippen molar-refractivity contribution in [1.29, 1.82) is 0 Å². The second-order valence-corrected chi connectivity index (χ2v) is 3.17. The van der Waals surface area contributed by atoms with Crippen molar-refractivity contribution in [3.05, 3.63) is 41.8 Å². The van der Waals surface area contributed by atoms with Gasteiger partial charge in [-0.2, -0.15) is 4.98 Å². The van der Waals surface area contributed by atoms with Crippen molar-refractivity contribution in [3.8, 4) is 11.8 Å². The van der Waals surface area contributed by atoms with Crippen LogP contribution in [0.3, 0.4) is 0 Å². The molecular weight excluding hydrogens is 178 g/mol. The van der Waals surface area contributed by atoms with Crippen LogP contribution in [0.2, 0.25) is 0 Å². The van der Waals surface area contributed by atoms with Crippen molar-refractivity contribution < 1.29 is 9.15 Å². The van der Waals surface area contributed by atoms with Gasteiger partial charge < -0.3 is 9.15 Å². The van der Waals surface area contributed by atoms with Crippen LogP contribution in [-0.2, 0) is 0 Å². The fraction of sp³-hybridized carbons (Fsp3) is 0.182. The van der Waals surface area contributed by atoms with E-state index in [1.54, 1.807) is 0 Å². The van der Waals surface area contributed by atoms with E-state index in [4.69, 9.17) is 9.15 Å². The summed E-state index contributed by atoms with van der Waals surface area (Å²) in [7, 11) is 0. The summed E-state index contributed by atoms with van der Waals surface area (Å²) in [6.07, 6.45) is 4.11. The van der Waals surface area contributed by atoms with E-state index in [1.807, 2.05) is 26.0 Å². The highest BCUT2D eigenvalue weighted by molar-refractivity contribution is 5.34. The predicted octanol–water partition coefficient (Wildman–Crippen LogP) is 2.88. The number of oxazole rings is 1. The molecule has 0 aliphatic carbocycles. The van der Waals surface area contributed by atoms with Crippen LogP contribution in [0, 0.1) is 20.1 Å². The van der Waals surface area contributed by atoms with Crippen LogP contribution >= 0.6 is 0 Å². The van der Waals surface area contributed by atoms with Crippen LogP contribution in [0.15, 0.2) is 28.8 Å². The average molecular weight is 188 g/mol. The molecule has 14 heavy (non-hydrogen) atoms. The summed E-state index contributed by atoms with van der Waals surface area (Å²) in [6.45, 7) is 4.03. The summed E-state index contributed by atoms with van der Waals surface area (Å²) in [5.74, 6) is 0.735. The molecule has 2 aromatic rings. The molecule has 1 radical (unpaired) electrons. The highest BCUT2D eigenvalue weighted by Crippen LogP contribution is 2.21. The molecule has 2 rings (SSSR count). The molecule has 1 heterocycles. The van der Waals surface area contributed by atoms with Crippen LogP contribution in [0.5, 0.6) is 11.8 Å². The summed E-state index contributed by atoms with van der Waals surface area (Å²) in [5, 5.41) is 0. The third-order valence-electron chi connectivity index (χ3n) is 1.77. The van der Waals surface area contributed by atoms with Gasteiger partial charge in [-0.1, -0.05) is 6.07 Å². The Bertz CT molecular complexity index is 401. The zero-order valence-electron chi connectivity index (χ0n) is 8.07. The minimum absolute atomic E-state index is 0.218. The number of aryl methyl sites for hydroxylation is 2. The van der Waals surface area contributed by atoms with Crippen molar-refractivity contribution >= 4 is 0 Å². The average Bonchev–Trinajstić information content (AvgIpc) is 2.54. The molecule has 0 unspecified atom stereocenters. The van der Waals surface area contributed by atoms with E-state index in [0.29, 0.717) is 0 Å². The Morgan fingerprint density at radius 2 is 1.93 bits per heavy atom. The van der Waals surface area contributed by atoms with Crippen LogP contribution in [-0.4, -0.2) is 4.98 Å². The Kier molecular flexibility index (Phi) is 2.23. The normalized spacial score (nSPS) is 10.1. The molecule has 0 saturated carbocycles. The number of hydrogen-bond donors (Lipinski definition) is 0. The summed E-state index contributed by atoms with van der Waals surface area (Å²) < 4.78 is 10.2. The van der Waals surface area contributed by atoms with Crippen LogP contribution in [0.1, 0.15) is 11.1 Å². The number of aromatic nitrogens is 1. The van der Waals surface area contributed by atoms with E-state index in [1.165, 1.54) is 6.20 Å². The molecule has 1 aromatic heterocycles. The van der Waals surface area contributed by atoms with Gasteiger partial charge >= 0.3 is 6.08 Å². The van der Waals surface area contributed by atoms with Gasteiger partial charge in [0.15, 0.2) is 6.26 Å². The van der Waals surface area contributed by atoms with Crippen molar-refractivity contribution in [2.24, 2.45) is 0 Å². The van der Waals surface area contributed by atoms with Gasteiger partial charge in [-0.25, -0.2) is 0 Å². The topological polar surface area (TPSA) is 35.3 Å². The fourth-order valence-electron chi connectivity index (χ4n) is 1.32. The molecule has 0 fully saturated rings. The lowest BCUT2D eigenvalue weighted by atomic mass is 10.1. The Hall–Kier alpha value is -1.77. The number of ether oxygens (including phenoxy) is 1. The highest BCUT2D eigenvalue weighted by atomic mass is 16.6. The second kappa shape index (κ2) is 3.54. The number of nitrogens with zero attached hydrogens (tertiary/aromatic N) is 1. The molecule has 0 spiro atoms. The summed E-state index contributed by atoms with van der Waals surface area (Å²) in [5.41, 5.74) is 2.30. The predicted molar refractivity (Wildman–Crippen MR) is 51.3 cm³/mol. The van der Waals surface area contributed by atoms with E-state index >= 15 is 0 Å². The zero-order chi connectivity index (χ0) is 9.97. The molecule has 0 atom stereocenters. The maximum atomic E-state index is 5.37. The molecule has 0 N–H and O–H groups in total. The lowest BCUT2D eigenvalue weighted by Crippen LogP contribution is -1.86. The third-order valence-corrected chi connectivity index (χ3v) is 1.77. The Balaban J connectivity index is 2.25. The maximum absolute atomic E-state index is 5.37. The largest absolute Gasteiger partial charge is 0.411 e. The minimum Gasteiger partial charge on any atom is -0.411 e. The number of rotatable bonds is 2. The van der Waals surface area contributed by atoms with E-state index in [-0.39, 0.29) is 6.08 Å². The van der Waals surface area contributed by atoms with E-state index in [9.17, 15) is 0 Å². The lowest BCUT2D eigenvalue weighted by Gasteiger charge is -2.03. The first-order chi connectivity index (χ1) is 6.74. The molecule has 0 amide bonds. The van der Waals surface area contributed by atoms with Gasteiger partial charge in [-0.05, 0) is 37.1 Å². The first kappa shape index (κ1) is 8.81. The van der Waals surface area contributed by atoms with Gasteiger partial charge in [0.25, 0.3) is 0 Å². The monoisotopic (exact) mass is 188 g/mol. The Morgan fingerprint density at radius 3 is 2.50 bits per heavy atom. The Morgan fingerprint density at radius 1 is 1.21 bits per heavy atom. The fourth-order valence-corrected chi connectivity index (χ4v) is 1.32. The standard InChI is InChI=1S/C11H10NO2/c1-8-5-9(2)7-10(6-8)14-11-12-3-4-13-11/h3,5-7H,1-2H3. The summed E-state index contributed by atoms with van der Waals surface area (Å²) >= 11 is 0. The summed E-state index contributed by atoms with van der Waals surface area (Å²) in [6, 6.07) is 5.93. The van der Waals surface area contributed by atoms with E-state index in [0.717, 1.165) is 16.9 Å². The SMILES string of the molecule is Cc1cc(C)cc(Oc2nc[c]o2)c1. The molecular formula is C11H10NO2. The maximum Gasteiger partial charge on any atom is 0.399 e. The quantitative estimate of drug-likeness (QED) is 0.726. The lowest BCUT2D eigenvalue weighted by molar-refractivity contribution is 0.328. The molecule has 71 valence electrons. The van der Waals surface area contributed by atoms with Gasteiger partial charge in [0.2, 0.25) is 0 Å². The van der Waals surface area contributed by atoms with Gasteiger partial charge in [0.1, 0.15) is 5.75 Å². The van der Waals surface area contributed by atoms with Gasteiger partial charge in [-0.15, -0.1) is 0 Å². The number of benzene rings is 1. The molecule has 1 aromatic carbocycles. The van der Waals surface area contributed by atoms with Crippen molar-refractivity contribution in [2.45, 2.75) is 13.8 Å². The molecule has 0 aliphatic heterocycles. The molecule has 0 saturated heterocycles. The zero-order valence-corrected chi connectivity index (χ0v) is 8.07. The first-order valence-corrected chi connectivity index (χ1v) is 4.32. The number of hydrogen-bond acceptors (Lipinski definition) is 3. The van der Waals surface area contributed by atoms with Crippen LogP contribution in [0.25, 0.3) is 0 Å². The first-order valence-electron chi connectivity index (χ1n) is 4.32. The van der Waals surface area contributed by atoms with Crippen molar-refractivity contribution in [1.82, 2.24) is 4.98 Å². The highest BCUT2D eigenvalue weighted by Gasteiger charge is 2.02. The third kappa shape index (κ3) is 1.93. The molecule has 3 heteroatoms. The molecule has 0 bridgehead atoms. The minimum atomic E-state index is 0.218. The van der Waals surface area contributed by atoms with Gasteiger partial charge in [0, 0.05) is 0 Å².